The first-order chi connectivity index (χ1) is 24.1. The number of thiophene rings is 1. The molecule has 8 aromatic rings. The number of nitrogens with zero attached hydrogens (tertiary/aromatic N) is 1. The molecule has 7 aromatic carbocycles. The monoisotopic (exact) mass is 645 g/mol. The van der Waals surface area contributed by atoms with Crippen LogP contribution in [0.2, 0.25) is 0 Å². The van der Waals surface area contributed by atoms with Crippen LogP contribution < -0.4 is 4.90 Å². The molecule has 0 saturated heterocycles. The van der Waals surface area contributed by atoms with Crippen molar-refractivity contribution in [1.29, 1.82) is 0 Å². The Hall–Kier alpha value is -5.44. The van der Waals surface area contributed by atoms with Gasteiger partial charge in [0, 0.05) is 42.5 Å². The first-order valence-corrected chi connectivity index (χ1v) is 18.1. The van der Waals surface area contributed by atoms with E-state index in [1.165, 1.54) is 86.8 Å². The Morgan fingerprint density at radius 2 is 1.33 bits per heavy atom. The van der Waals surface area contributed by atoms with E-state index in [4.69, 9.17) is 0 Å². The number of rotatable bonds is 4. The fourth-order valence-corrected chi connectivity index (χ4v) is 9.78. The lowest BCUT2D eigenvalue weighted by atomic mass is 9.82. The van der Waals surface area contributed by atoms with Gasteiger partial charge in [-0.05, 0) is 86.5 Å². The Bertz CT molecular complexity index is 2610. The third-order valence-electron chi connectivity index (χ3n) is 11.0. The summed E-state index contributed by atoms with van der Waals surface area (Å²) in [7, 11) is 0. The largest absolute Gasteiger partial charge is 0.334 e. The van der Waals surface area contributed by atoms with E-state index in [0.29, 0.717) is 0 Å². The van der Waals surface area contributed by atoms with Crippen molar-refractivity contribution < 1.29 is 0 Å². The minimum atomic E-state index is -0.0631. The number of hydrogen-bond acceptors (Lipinski definition) is 2. The Morgan fingerprint density at radius 1 is 0.612 bits per heavy atom. The van der Waals surface area contributed by atoms with Crippen molar-refractivity contribution in [3.8, 4) is 22.3 Å². The van der Waals surface area contributed by atoms with Gasteiger partial charge in [0.15, 0.2) is 0 Å². The lowest BCUT2D eigenvalue weighted by molar-refractivity contribution is 0.660. The van der Waals surface area contributed by atoms with Crippen LogP contribution in [0.25, 0.3) is 59.3 Å². The quantitative estimate of drug-likeness (QED) is 0.184. The molecule has 2 aliphatic carbocycles. The van der Waals surface area contributed by atoms with Gasteiger partial charge in [-0.1, -0.05) is 141 Å². The SMILES string of the molecule is CC1(C)c2ccccc2-c2c(N(c3ccc(-c4cccc5ccccc45)cc3)C3C=Cc4c(ccc5sc6ccccc6c45)C3)cccc21. The van der Waals surface area contributed by atoms with Gasteiger partial charge >= 0.3 is 0 Å². The Kier molecular flexibility index (Phi) is 6.29. The molecular formula is C47H35NS. The van der Waals surface area contributed by atoms with Crippen molar-refractivity contribution in [3.63, 3.8) is 0 Å². The van der Waals surface area contributed by atoms with Crippen LogP contribution in [0.5, 0.6) is 0 Å². The van der Waals surface area contributed by atoms with Crippen molar-refractivity contribution in [2.24, 2.45) is 0 Å². The zero-order valence-electron chi connectivity index (χ0n) is 27.7. The molecule has 0 amide bonds. The molecule has 10 rings (SSSR count). The smallest absolute Gasteiger partial charge is 0.0566 e. The minimum absolute atomic E-state index is 0.0631. The second-order valence-electron chi connectivity index (χ2n) is 14.1. The highest BCUT2D eigenvalue weighted by Crippen LogP contribution is 2.53. The first kappa shape index (κ1) is 28.6. The van der Waals surface area contributed by atoms with Gasteiger partial charge in [-0.2, -0.15) is 0 Å². The highest BCUT2D eigenvalue weighted by molar-refractivity contribution is 7.25. The molecule has 0 bridgehead atoms. The van der Waals surface area contributed by atoms with Crippen molar-refractivity contribution in [2.75, 3.05) is 4.90 Å². The fourth-order valence-electron chi connectivity index (χ4n) is 8.66. The molecule has 1 heterocycles. The maximum atomic E-state index is 2.61. The molecule has 1 unspecified atom stereocenters. The van der Waals surface area contributed by atoms with Crippen LogP contribution in [0, 0.1) is 0 Å². The van der Waals surface area contributed by atoms with E-state index >= 15 is 0 Å². The zero-order valence-corrected chi connectivity index (χ0v) is 28.5. The van der Waals surface area contributed by atoms with Gasteiger partial charge < -0.3 is 4.90 Å². The van der Waals surface area contributed by atoms with E-state index in [1.807, 2.05) is 11.3 Å². The van der Waals surface area contributed by atoms with Gasteiger partial charge in [-0.3, -0.25) is 0 Å². The summed E-state index contributed by atoms with van der Waals surface area (Å²) in [6, 6.07) is 54.3. The molecule has 1 nitrogen and oxygen atoms in total. The summed E-state index contributed by atoms with van der Waals surface area (Å²) in [5, 5.41) is 5.32. The Labute approximate surface area is 291 Å². The van der Waals surface area contributed by atoms with Crippen LogP contribution in [0.15, 0.2) is 152 Å². The lowest BCUT2D eigenvalue weighted by Gasteiger charge is -2.36. The molecule has 0 saturated carbocycles. The van der Waals surface area contributed by atoms with Gasteiger partial charge in [0.2, 0.25) is 0 Å². The number of hydrogen-bond donors (Lipinski definition) is 0. The Balaban J connectivity index is 1.14. The van der Waals surface area contributed by atoms with Gasteiger partial charge in [0.05, 0.1) is 6.04 Å². The van der Waals surface area contributed by atoms with E-state index in [1.54, 1.807) is 0 Å². The topological polar surface area (TPSA) is 3.24 Å². The summed E-state index contributed by atoms with van der Waals surface area (Å²) in [4.78, 5) is 2.61. The summed E-state index contributed by atoms with van der Waals surface area (Å²) in [6.07, 6.45) is 5.80. The number of fused-ring (bicyclic) bond motifs is 9. The van der Waals surface area contributed by atoms with Crippen LogP contribution in [-0.4, -0.2) is 6.04 Å². The van der Waals surface area contributed by atoms with Crippen LogP contribution in [0.4, 0.5) is 11.4 Å². The molecule has 0 aliphatic heterocycles. The van der Waals surface area contributed by atoms with Crippen molar-refractivity contribution in [1.82, 2.24) is 0 Å². The van der Waals surface area contributed by atoms with Crippen LogP contribution in [0.1, 0.15) is 36.1 Å². The summed E-state index contributed by atoms with van der Waals surface area (Å²) in [6.45, 7) is 4.75. The Morgan fingerprint density at radius 3 is 2.22 bits per heavy atom. The van der Waals surface area contributed by atoms with Crippen molar-refractivity contribution in [3.05, 3.63) is 174 Å². The zero-order chi connectivity index (χ0) is 32.7. The minimum Gasteiger partial charge on any atom is -0.334 e. The molecule has 0 N–H and O–H groups in total. The molecule has 1 atom stereocenters. The molecule has 2 aliphatic rings. The van der Waals surface area contributed by atoms with Gasteiger partial charge in [0.25, 0.3) is 0 Å². The first-order valence-electron chi connectivity index (χ1n) is 17.3. The van der Waals surface area contributed by atoms with Crippen LogP contribution in [-0.2, 0) is 11.8 Å². The maximum absolute atomic E-state index is 2.61. The second-order valence-corrected chi connectivity index (χ2v) is 15.1. The third kappa shape index (κ3) is 4.30. The summed E-state index contributed by atoms with van der Waals surface area (Å²) < 4.78 is 2.72. The summed E-state index contributed by atoms with van der Waals surface area (Å²) in [5.41, 5.74) is 13.2. The predicted molar refractivity (Wildman–Crippen MR) is 211 cm³/mol. The molecular weight excluding hydrogens is 611 g/mol. The molecule has 1 aromatic heterocycles. The van der Waals surface area contributed by atoms with E-state index in [2.05, 4.69) is 176 Å². The molecule has 0 fully saturated rings. The normalized spacial score (nSPS) is 15.8. The van der Waals surface area contributed by atoms with Crippen LogP contribution >= 0.6 is 11.3 Å². The molecule has 0 radical (unpaired) electrons. The third-order valence-corrected chi connectivity index (χ3v) is 12.1. The van der Waals surface area contributed by atoms with Crippen molar-refractivity contribution in [2.45, 2.75) is 31.7 Å². The van der Waals surface area contributed by atoms with Gasteiger partial charge in [-0.15, -0.1) is 11.3 Å². The highest BCUT2D eigenvalue weighted by Gasteiger charge is 2.38. The van der Waals surface area contributed by atoms with E-state index in [-0.39, 0.29) is 11.5 Å². The van der Waals surface area contributed by atoms with Crippen molar-refractivity contribution >= 4 is 59.7 Å². The lowest BCUT2D eigenvalue weighted by Crippen LogP contribution is -2.33. The molecule has 2 heteroatoms. The van der Waals surface area contributed by atoms with Gasteiger partial charge in [-0.25, -0.2) is 0 Å². The number of benzene rings is 7. The average Bonchev–Trinajstić information content (AvgIpc) is 3.65. The number of anilines is 2. The standard InChI is InChI=1S/C47H35NS/c1-47(2)40-17-7-5-14-38(40)46-41(47)18-10-19-42(46)48(33-24-21-31(22-25-33)36-16-9-12-30-11-3-4-13-35(30)36)34-26-27-37-32(29-34)23-28-44-45(37)39-15-6-8-20-43(39)49-44/h3-28,34H,29H2,1-2H3. The average molecular weight is 646 g/mol. The molecule has 234 valence electrons. The van der Waals surface area contributed by atoms with E-state index in [0.717, 1.165) is 6.42 Å². The maximum Gasteiger partial charge on any atom is 0.0566 e. The van der Waals surface area contributed by atoms with E-state index < -0.39 is 0 Å². The summed E-state index contributed by atoms with van der Waals surface area (Å²) >= 11 is 1.90. The van der Waals surface area contributed by atoms with E-state index in [9.17, 15) is 0 Å². The predicted octanol–water partition coefficient (Wildman–Crippen LogP) is 13.0. The second kappa shape index (κ2) is 10.8. The van der Waals surface area contributed by atoms with Crippen LogP contribution in [0.3, 0.4) is 0 Å². The molecule has 0 spiro atoms. The highest BCUT2D eigenvalue weighted by atomic mass is 32.1. The van der Waals surface area contributed by atoms with Gasteiger partial charge in [0.1, 0.15) is 0 Å². The molecule has 49 heavy (non-hydrogen) atoms. The fraction of sp³-hybridized carbons (Fsp3) is 0.106. The summed E-state index contributed by atoms with van der Waals surface area (Å²) in [5.74, 6) is 0.